The van der Waals surface area contributed by atoms with Crippen molar-refractivity contribution in [3.63, 3.8) is 0 Å². The molecule has 0 heterocycles. The molecule has 1 aromatic carbocycles. The highest BCUT2D eigenvalue weighted by molar-refractivity contribution is 9.10. The van der Waals surface area contributed by atoms with Crippen LogP contribution in [0.2, 0.25) is 0 Å². The summed E-state index contributed by atoms with van der Waals surface area (Å²) >= 11 is 3.26. The number of benzene rings is 1. The van der Waals surface area contributed by atoms with Crippen LogP contribution >= 0.6 is 15.9 Å². The van der Waals surface area contributed by atoms with Gasteiger partial charge in [-0.3, -0.25) is 4.79 Å². The van der Waals surface area contributed by atoms with Crippen LogP contribution in [0.3, 0.4) is 0 Å². The highest BCUT2D eigenvalue weighted by Gasteiger charge is 2.27. The molecular weight excluding hydrogens is 350 g/mol. The first kappa shape index (κ1) is 17.0. The summed E-state index contributed by atoms with van der Waals surface area (Å²) in [5, 5.41) is 9.10. The molecule has 22 heavy (non-hydrogen) atoms. The molecule has 1 aliphatic carbocycles. The van der Waals surface area contributed by atoms with Crippen molar-refractivity contribution in [3.8, 4) is 0 Å². The van der Waals surface area contributed by atoms with Crippen LogP contribution in [0.15, 0.2) is 22.7 Å². The van der Waals surface area contributed by atoms with E-state index in [-0.39, 0.29) is 23.6 Å². The zero-order valence-electron chi connectivity index (χ0n) is 12.7. The molecule has 0 unspecified atom stereocenters. The Morgan fingerprint density at radius 1 is 1.18 bits per heavy atom. The molecule has 120 valence electrons. The van der Waals surface area contributed by atoms with E-state index in [1.807, 2.05) is 0 Å². The van der Waals surface area contributed by atoms with Crippen LogP contribution in [0.5, 0.6) is 0 Å². The summed E-state index contributed by atoms with van der Waals surface area (Å²) in [6, 6.07) is 4.74. The van der Waals surface area contributed by atoms with E-state index in [1.165, 1.54) is 12.1 Å². The number of carboxylic acid groups (broad SMARTS) is 1. The van der Waals surface area contributed by atoms with Gasteiger partial charge >= 0.3 is 5.97 Å². The summed E-state index contributed by atoms with van der Waals surface area (Å²) in [6.45, 7) is 0. The van der Waals surface area contributed by atoms with E-state index in [1.54, 1.807) is 25.1 Å². The predicted octanol–water partition coefficient (Wildman–Crippen LogP) is 3.18. The van der Waals surface area contributed by atoms with Crippen molar-refractivity contribution >= 4 is 27.8 Å². The molecule has 0 bridgehead atoms. The standard InChI is InChI=1S/C16H20BrNO4/c1-18(13-3-5-14(22-2)6-4-13)15(19)10-7-11(16(20)21)9-12(17)8-10/h7-9,13-14H,3-6H2,1-2H3,(H,20,21). The quantitative estimate of drug-likeness (QED) is 0.884. The molecule has 0 spiro atoms. The predicted molar refractivity (Wildman–Crippen MR) is 86.2 cm³/mol. The fraction of sp³-hybridized carbons (Fsp3) is 0.500. The van der Waals surface area contributed by atoms with Crippen LogP contribution in [0.1, 0.15) is 46.4 Å². The number of hydrogen-bond acceptors (Lipinski definition) is 3. The number of carboxylic acids is 1. The van der Waals surface area contributed by atoms with Crippen LogP contribution in [-0.4, -0.2) is 48.2 Å². The second kappa shape index (κ2) is 7.24. The minimum Gasteiger partial charge on any atom is -0.478 e. The van der Waals surface area contributed by atoms with Gasteiger partial charge in [-0.05, 0) is 43.9 Å². The molecule has 1 fully saturated rings. The molecule has 0 atom stereocenters. The molecule has 0 aliphatic heterocycles. The lowest BCUT2D eigenvalue weighted by molar-refractivity contribution is 0.0386. The van der Waals surface area contributed by atoms with Crippen molar-refractivity contribution in [2.75, 3.05) is 14.2 Å². The maximum Gasteiger partial charge on any atom is 0.335 e. The second-order valence-corrected chi connectivity index (χ2v) is 6.53. The Labute approximate surface area is 138 Å². The van der Waals surface area contributed by atoms with Gasteiger partial charge in [-0.1, -0.05) is 15.9 Å². The third-order valence-corrected chi connectivity index (χ3v) is 4.69. The SMILES string of the molecule is COC1CCC(N(C)C(=O)c2cc(Br)cc(C(=O)O)c2)CC1. The molecule has 1 saturated carbocycles. The molecule has 0 radical (unpaired) electrons. The molecule has 6 heteroatoms. The molecule has 0 saturated heterocycles. The lowest BCUT2D eigenvalue weighted by Gasteiger charge is -2.34. The number of ether oxygens (including phenoxy) is 1. The fourth-order valence-corrected chi connectivity index (χ4v) is 3.37. The molecule has 1 aliphatic rings. The maximum atomic E-state index is 12.6. The minimum atomic E-state index is -1.04. The highest BCUT2D eigenvalue weighted by atomic mass is 79.9. The number of carbonyl (C=O) groups excluding carboxylic acids is 1. The third-order valence-electron chi connectivity index (χ3n) is 4.24. The summed E-state index contributed by atoms with van der Waals surface area (Å²) in [5.41, 5.74) is 0.498. The molecular formula is C16H20BrNO4. The molecule has 2 rings (SSSR count). The maximum absolute atomic E-state index is 12.6. The average Bonchev–Trinajstić information content (AvgIpc) is 2.53. The highest BCUT2D eigenvalue weighted by Crippen LogP contribution is 2.26. The number of methoxy groups -OCH3 is 1. The molecule has 1 aromatic rings. The van der Waals surface area contributed by atoms with Crippen LogP contribution in [0, 0.1) is 0 Å². The van der Waals surface area contributed by atoms with E-state index < -0.39 is 5.97 Å². The van der Waals surface area contributed by atoms with E-state index in [0.717, 1.165) is 25.7 Å². The van der Waals surface area contributed by atoms with Gasteiger partial charge in [0.2, 0.25) is 0 Å². The number of aromatic carboxylic acids is 1. The van der Waals surface area contributed by atoms with Gasteiger partial charge in [-0.2, -0.15) is 0 Å². The summed E-state index contributed by atoms with van der Waals surface area (Å²) in [7, 11) is 3.50. The largest absolute Gasteiger partial charge is 0.478 e. The minimum absolute atomic E-state index is 0.106. The molecule has 1 amide bonds. The van der Waals surface area contributed by atoms with Crippen LogP contribution in [0.4, 0.5) is 0 Å². The zero-order chi connectivity index (χ0) is 16.3. The van der Waals surface area contributed by atoms with Crippen LogP contribution in [0.25, 0.3) is 0 Å². The first-order valence-corrected chi connectivity index (χ1v) is 8.05. The Hall–Kier alpha value is -1.40. The van der Waals surface area contributed by atoms with Gasteiger partial charge in [0, 0.05) is 30.2 Å². The average molecular weight is 370 g/mol. The first-order valence-electron chi connectivity index (χ1n) is 7.26. The van der Waals surface area contributed by atoms with Crippen molar-refractivity contribution in [1.82, 2.24) is 4.90 Å². The van der Waals surface area contributed by atoms with Crippen molar-refractivity contribution in [2.24, 2.45) is 0 Å². The van der Waals surface area contributed by atoms with Crippen LogP contribution < -0.4 is 0 Å². The summed E-state index contributed by atoms with van der Waals surface area (Å²) in [4.78, 5) is 25.4. The van der Waals surface area contributed by atoms with Crippen molar-refractivity contribution in [3.05, 3.63) is 33.8 Å². The molecule has 1 N–H and O–H groups in total. The molecule has 5 nitrogen and oxygen atoms in total. The van der Waals surface area contributed by atoms with E-state index in [0.29, 0.717) is 10.0 Å². The summed E-state index contributed by atoms with van der Waals surface area (Å²) < 4.78 is 5.94. The topological polar surface area (TPSA) is 66.8 Å². The number of halogens is 1. The van der Waals surface area contributed by atoms with Gasteiger partial charge in [-0.25, -0.2) is 4.79 Å². The second-order valence-electron chi connectivity index (χ2n) is 5.62. The number of nitrogens with zero attached hydrogens (tertiary/aromatic N) is 1. The Bertz CT molecular complexity index is 567. The number of hydrogen-bond donors (Lipinski definition) is 1. The summed E-state index contributed by atoms with van der Waals surface area (Å²) in [6.07, 6.45) is 3.97. The first-order chi connectivity index (χ1) is 10.4. The van der Waals surface area contributed by atoms with Gasteiger partial charge < -0.3 is 14.7 Å². The number of rotatable bonds is 4. The summed E-state index contributed by atoms with van der Waals surface area (Å²) in [5.74, 6) is -1.19. The normalized spacial score (nSPS) is 21.4. The van der Waals surface area contributed by atoms with Gasteiger partial charge in [-0.15, -0.1) is 0 Å². The smallest absolute Gasteiger partial charge is 0.335 e. The van der Waals surface area contributed by atoms with Gasteiger partial charge in [0.05, 0.1) is 11.7 Å². The van der Waals surface area contributed by atoms with Crippen molar-refractivity contribution in [2.45, 2.75) is 37.8 Å². The molecule has 0 aromatic heterocycles. The Morgan fingerprint density at radius 2 is 1.77 bits per heavy atom. The van der Waals surface area contributed by atoms with Gasteiger partial charge in [0.25, 0.3) is 5.91 Å². The van der Waals surface area contributed by atoms with Crippen molar-refractivity contribution in [1.29, 1.82) is 0 Å². The Kier molecular flexibility index (Phi) is 5.58. The van der Waals surface area contributed by atoms with Crippen LogP contribution in [-0.2, 0) is 4.74 Å². The number of carbonyl (C=O) groups is 2. The van der Waals surface area contributed by atoms with E-state index in [4.69, 9.17) is 9.84 Å². The lowest BCUT2D eigenvalue weighted by Crippen LogP contribution is -2.40. The third kappa shape index (κ3) is 3.87. The lowest BCUT2D eigenvalue weighted by atomic mass is 9.91. The van der Waals surface area contributed by atoms with E-state index in [9.17, 15) is 9.59 Å². The monoisotopic (exact) mass is 369 g/mol. The van der Waals surface area contributed by atoms with Gasteiger partial charge in [0.15, 0.2) is 0 Å². The van der Waals surface area contributed by atoms with E-state index >= 15 is 0 Å². The Balaban J connectivity index is 2.12. The Morgan fingerprint density at radius 3 is 2.32 bits per heavy atom. The van der Waals surface area contributed by atoms with Gasteiger partial charge in [0.1, 0.15) is 0 Å². The van der Waals surface area contributed by atoms with E-state index in [2.05, 4.69) is 15.9 Å². The number of amides is 1. The zero-order valence-corrected chi connectivity index (χ0v) is 14.3. The fourth-order valence-electron chi connectivity index (χ4n) is 2.87. The van der Waals surface area contributed by atoms with Crippen molar-refractivity contribution < 1.29 is 19.4 Å².